The molecule has 0 amide bonds. The molecule has 2 atom stereocenters. The van der Waals surface area contributed by atoms with Crippen LogP contribution in [0.1, 0.15) is 32.6 Å². The van der Waals surface area contributed by atoms with Crippen LogP contribution in [0.25, 0.3) is 0 Å². The van der Waals surface area contributed by atoms with Crippen LogP contribution < -0.4 is 5.73 Å². The Balaban J connectivity index is 2.27. The average Bonchev–Trinajstić information content (AvgIpc) is 2.73. The van der Waals surface area contributed by atoms with Gasteiger partial charge in [0.1, 0.15) is 0 Å². The summed E-state index contributed by atoms with van der Waals surface area (Å²) in [5.41, 5.74) is 5.95. The van der Waals surface area contributed by atoms with E-state index in [1.54, 1.807) is 7.11 Å². The van der Waals surface area contributed by atoms with Crippen LogP contribution in [0, 0.1) is 5.92 Å². The molecule has 0 aromatic rings. The number of nitrogens with two attached hydrogens (primary N) is 1. The number of hydrogen-bond donors (Lipinski definition) is 1. The van der Waals surface area contributed by atoms with Crippen LogP contribution in [0.2, 0.25) is 0 Å². The molecule has 66 valence electrons. The smallest absolute Gasteiger partial charge is 0.0750 e. The molecule has 0 aromatic carbocycles. The summed E-state index contributed by atoms with van der Waals surface area (Å²) >= 11 is 0. The Kier molecular flexibility index (Phi) is 3.34. The second-order valence-electron chi connectivity index (χ2n) is 3.49. The summed E-state index contributed by atoms with van der Waals surface area (Å²) < 4.78 is 5.36. The maximum atomic E-state index is 5.95. The zero-order valence-electron chi connectivity index (χ0n) is 7.55. The molecular formula is C9H19NO. The Morgan fingerprint density at radius 2 is 2.18 bits per heavy atom. The fraction of sp³-hybridized carbons (Fsp3) is 1.00. The van der Waals surface area contributed by atoms with E-state index in [9.17, 15) is 0 Å². The largest absolute Gasteiger partial charge is 0.380 e. The standard InChI is InChI=1S/C9H19NO/c1-3-4-8(10)9(11-2)7-5-6-7/h7-9H,3-6,10H2,1-2H3. The predicted molar refractivity (Wildman–Crippen MR) is 46.4 cm³/mol. The van der Waals surface area contributed by atoms with Crippen molar-refractivity contribution < 1.29 is 4.74 Å². The highest BCUT2D eigenvalue weighted by atomic mass is 16.5. The first-order valence-electron chi connectivity index (χ1n) is 4.58. The van der Waals surface area contributed by atoms with Crippen molar-refractivity contribution >= 4 is 0 Å². The number of ether oxygens (including phenoxy) is 1. The molecule has 1 aliphatic rings. The molecule has 1 aliphatic carbocycles. The van der Waals surface area contributed by atoms with Crippen LogP contribution in [0.3, 0.4) is 0 Å². The van der Waals surface area contributed by atoms with Crippen LogP contribution in [-0.4, -0.2) is 19.3 Å². The molecule has 2 heteroatoms. The van der Waals surface area contributed by atoms with Crippen molar-refractivity contribution in [2.24, 2.45) is 11.7 Å². The molecule has 2 nitrogen and oxygen atoms in total. The molecule has 0 spiro atoms. The topological polar surface area (TPSA) is 35.2 Å². The fourth-order valence-electron chi connectivity index (χ4n) is 1.64. The minimum Gasteiger partial charge on any atom is -0.380 e. The summed E-state index contributed by atoms with van der Waals surface area (Å²) in [6, 6.07) is 0.262. The van der Waals surface area contributed by atoms with Crippen molar-refractivity contribution in [2.45, 2.75) is 44.8 Å². The van der Waals surface area contributed by atoms with E-state index in [1.165, 1.54) is 12.8 Å². The van der Waals surface area contributed by atoms with E-state index in [2.05, 4.69) is 6.92 Å². The van der Waals surface area contributed by atoms with Gasteiger partial charge in [0.2, 0.25) is 0 Å². The molecule has 1 fully saturated rings. The highest BCUT2D eigenvalue weighted by Gasteiger charge is 2.34. The minimum atomic E-state index is 0.262. The van der Waals surface area contributed by atoms with Gasteiger partial charge in [0.15, 0.2) is 0 Å². The highest BCUT2D eigenvalue weighted by molar-refractivity contribution is 4.88. The van der Waals surface area contributed by atoms with Crippen molar-refractivity contribution in [2.75, 3.05) is 7.11 Å². The first-order chi connectivity index (χ1) is 5.29. The van der Waals surface area contributed by atoms with Gasteiger partial charge in [-0.15, -0.1) is 0 Å². The minimum absolute atomic E-state index is 0.262. The van der Waals surface area contributed by atoms with Crippen molar-refractivity contribution in [3.8, 4) is 0 Å². The molecule has 0 bridgehead atoms. The van der Waals surface area contributed by atoms with E-state index in [0.29, 0.717) is 6.10 Å². The SMILES string of the molecule is CCCC(N)C(OC)C1CC1. The van der Waals surface area contributed by atoms with Crippen LogP contribution in [0.15, 0.2) is 0 Å². The van der Waals surface area contributed by atoms with E-state index in [4.69, 9.17) is 10.5 Å². The third kappa shape index (κ3) is 2.46. The van der Waals surface area contributed by atoms with E-state index >= 15 is 0 Å². The molecule has 0 aromatic heterocycles. The summed E-state index contributed by atoms with van der Waals surface area (Å²) in [5, 5.41) is 0. The van der Waals surface area contributed by atoms with E-state index in [0.717, 1.165) is 18.8 Å². The van der Waals surface area contributed by atoms with Crippen LogP contribution in [0.5, 0.6) is 0 Å². The normalized spacial score (nSPS) is 23.2. The summed E-state index contributed by atoms with van der Waals surface area (Å²) in [7, 11) is 1.78. The molecule has 0 saturated heterocycles. The quantitative estimate of drug-likeness (QED) is 0.657. The molecule has 2 N–H and O–H groups in total. The first-order valence-corrected chi connectivity index (χ1v) is 4.58. The van der Waals surface area contributed by atoms with Crippen molar-refractivity contribution in [3.05, 3.63) is 0 Å². The van der Waals surface area contributed by atoms with E-state index in [-0.39, 0.29) is 6.04 Å². The van der Waals surface area contributed by atoms with Gasteiger partial charge in [0, 0.05) is 13.2 Å². The number of rotatable bonds is 5. The number of hydrogen-bond acceptors (Lipinski definition) is 2. The Labute approximate surface area is 69.1 Å². The third-order valence-corrected chi connectivity index (χ3v) is 2.40. The van der Waals surface area contributed by atoms with Gasteiger partial charge in [-0.3, -0.25) is 0 Å². The summed E-state index contributed by atoms with van der Waals surface area (Å²) in [6.45, 7) is 2.17. The van der Waals surface area contributed by atoms with Gasteiger partial charge >= 0.3 is 0 Å². The average molecular weight is 157 g/mol. The van der Waals surface area contributed by atoms with E-state index < -0.39 is 0 Å². The second-order valence-corrected chi connectivity index (χ2v) is 3.49. The molecule has 11 heavy (non-hydrogen) atoms. The monoisotopic (exact) mass is 157 g/mol. The molecule has 1 saturated carbocycles. The zero-order chi connectivity index (χ0) is 8.27. The van der Waals surface area contributed by atoms with Gasteiger partial charge in [0.25, 0.3) is 0 Å². The van der Waals surface area contributed by atoms with Crippen LogP contribution >= 0.6 is 0 Å². The van der Waals surface area contributed by atoms with Gasteiger partial charge in [0.05, 0.1) is 6.10 Å². The van der Waals surface area contributed by atoms with Gasteiger partial charge in [-0.1, -0.05) is 13.3 Å². The van der Waals surface area contributed by atoms with Crippen molar-refractivity contribution in [1.82, 2.24) is 0 Å². The maximum absolute atomic E-state index is 5.95. The van der Waals surface area contributed by atoms with Crippen molar-refractivity contribution in [1.29, 1.82) is 0 Å². The van der Waals surface area contributed by atoms with Crippen molar-refractivity contribution in [3.63, 3.8) is 0 Å². The lowest BCUT2D eigenvalue weighted by Gasteiger charge is -2.21. The predicted octanol–water partition coefficient (Wildman–Crippen LogP) is 1.54. The van der Waals surface area contributed by atoms with Gasteiger partial charge in [-0.25, -0.2) is 0 Å². The van der Waals surface area contributed by atoms with Gasteiger partial charge in [-0.05, 0) is 25.2 Å². The molecular weight excluding hydrogens is 138 g/mol. The Bertz CT molecular complexity index is 112. The van der Waals surface area contributed by atoms with Gasteiger partial charge < -0.3 is 10.5 Å². The lowest BCUT2D eigenvalue weighted by Crippen LogP contribution is -2.37. The second kappa shape index (κ2) is 4.07. The van der Waals surface area contributed by atoms with Gasteiger partial charge in [-0.2, -0.15) is 0 Å². The lowest BCUT2D eigenvalue weighted by atomic mass is 10.0. The van der Waals surface area contributed by atoms with E-state index in [1.807, 2.05) is 0 Å². The Morgan fingerprint density at radius 3 is 2.55 bits per heavy atom. The molecule has 2 unspecified atom stereocenters. The molecule has 0 aliphatic heterocycles. The first kappa shape index (κ1) is 9.01. The fourth-order valence-corrected chi connectivity index (χ4v) is 1.64. The Hall–Kier alpha value is -0.0800. The van der Waals surface area contributed by atoms with Crippen LogP contribution in [-0.2, 0) is 4.74 Å². The summed E-state index contributed by atoms with van der Waals surface area (Å²) in [5.74, 6) is 0.765. The maximum Gasteiger partial charge on any atom is 0.0750 e. The Morgan fingerprint density at radius 1 is 1.55 bits per heavy atom. The third-order valence-electron chi connectivity index (χ3n) is 2.40. The molecule has 0 heterocycles. The number of methoxy groups -OCH3 is 1. The van der Waals surface area contributed by atoms with Crippen LogP contribution in [0.4, 0.5) is 0 Å². The summed E-state index contributed by atoms with van der Waals surface area (Å²) in [4.78, 5) is 0. The molecule has 0 radical (unpaired) electrons. The lowest BCUT2D eigenvalue weighted by molar-refractivity contribution is 0.0600. The zero-order valence-corrected chi connectivity index (χ0v) is 7.55. The highest BCUT2D eigenvalue weighted by Crippen LogP contribution is 2.35. The summed E-state index contributed by atoms with van der Waals surface area (Å²) in [6.07, 6.45) is 5.21. The molecule has 1 rings (SSSR count).